The van der Waals surface area contributed by atoms with E-state index in [0.717, 1.165) is 18.0 Å². The molecule has 0 aliphatic rings. The molecule has 1 amide bonds. The van der Waals surface area contributed by atoms with Crippen molar-refractivity contribution in [2.45, 2.75) is 19.4 Å². The van der Waals surface area contributed by atoms with Crippen molar-refractivity contribution in [3.05, 3.63) is 71.6 Å². The number of nitrogens with zero attached hydrogens (tertiary/aromatic N) is 2. The van der Waals surface area contributed by atoms with Crippen LogP contribution in [0.3, 0.4) is 0 Å². The highest BCUT2D eigenvalue weighted by Gasteiger charge is 2.23. The van der Waals surface area contributed by atoms with Gasteiger partial charge in [-0.2, -0.15) is 0 Å². The monoisotopic (exact) mass is 369 g/mol. The fourth-order valence-electron chi connectivity index (χ4n) is 2.67. The Morgan fingerprint density at radius 1 is 1.30 bits per heavy atom. The number of aliphatic carboxylic acids is 1. The number of aromatic nitrogens is 2. The SMILES string of the molecule is Cc1ccccc1[C@H](CC(=O)O)NC(=O)c1coc(-c2ccncc2F)n1. The number of carboxylic acid groups (broad SMARTS) is 1. The molecule has 0 aliphatic heterocycles. The van der Waals surface area contributed by atoms with Crippen LogP contribution in [0.15, 0.2) is 53.4 Å². The van der Waals surface area contributed by atoms with Gasteiger partial charge in [0.05, 0.1) is 24.2 Å². The Labute approximate surface area is 153 Å². The van der Waals surface area contributed by atoms with Crippen LogP contribution in [0, 0.1) is 12.7 Å². The van der Waals surface area contributed by atoms with Crippen LogP contribution in [0.2, 0.25) is 0 Å². The first-order chi connectivity index (χ1) is 13.0. The minimum Gasteiger partial charge on any atom is -0.481 e. The number of hydrogen-bond donors (Lipinski definition) is 2. The first-order valence-corrected chi connectivity index (χ1v) is 8.09. The van der Waals surface area contributed by atoms with Crippen molar-refractivity contribution in [3.8, 4) is 11.5 Å². The normalized spacial score (nSPS) is 11.8. The fraction of sp³-hybridized carbons (Fsp3) is 0.158. The van der Waals surface area contributed by atoms with Crippen molar-refractivity contribution in [3.63, 3.8) is 0 Å². The number of nitrogens with one attached hydrogen (secondary N) is 1. The number of rotatable bonds is 6. The van der Waals surface area contributed by atoms with E-state index < -0.39 is 23.7 Å². The molecule has 27 heavy (non-hydrogen) atoms. The molecule has 3 rings (SSSR count). The highest BCUT2D eigenvalue weighted by atomic mass is 19.1. The van der Waals surface area contributed by atoms with Gasteiger partial charge >= 0.3 is 5.97 Å². The maximum Gasteiger partial charge on any atom is 0.305 e. The highest BCUT2D eigenvalue weighted by Crippen LogP contribution is 2.23. The van der Waals surface area contributed by atoms with Gasteiger partial charge in [-0.25, -0.2) is 9.37 Å². The molecule has 2 heterocycles. The van der Waals surface area contributed by atoms with E-state index in [1.54, 1.807) is 12.1 Å². The quantitative estimate of drug-likeness (QED) is 0.692. The topological polar surface area (TPSA) is 105 Å². The zero-order valence-corrected chi connectivity index (χ0v) is 14.3. The predicted molar refractivity (Wildman–Crippen MR) is 93.3 cm³/mol. The van der Waals surface area contributed by atoms with E-state index in [9.17, 15) is 14.0 Å². The predicted octanol–water partition coefficient (Wildman–Crippen LogP) is 3.13. The van der Waals surface area contributed by atoms with Gasteiger partial charge < -0.3 is 14.8 Å². The van der Waals surface area contributed by atoms with Gasteiger partial charge in [-0.05, 0) is 24.1 Å². The molecular formula is C19H16FN3O4. The van der Waals surface area contributed by atoms with E-state index in [1.165, 1.54) is 12.3 Å². The summed E-state index contributed by atoms with van der Waals surface area (Å²) in [5, 5.41) is 11.8. The summed E-state index contributed by atoms with van der Waals surface area (Å²) in [6, 6.07) is 7.81. The van der Waals surface area contributed by atoms with Crippen LogP contribution >= 0.6 is 0 Å². The standard InChI is InChI=1S/C19H16FN3O4/c1-11-4-2-3-5-12(11)15(8-17(24)25)22-18(26)16-10-27-19(23-16)13-6-7-21-9-14(13)20/h2-7,9-10,15H,8H2,1H3,(H,22,26)(H,24,25)/t15-/m0/s1. The number of pyridine rings is 1. The lowest BCUT2D eigenvalue weighted by Gasteiger charge is -2.18. The van der Waals surface area contributed by atoms with Gasteiger partial charge in [-0.15, -0.1) is 0 Å². The van der Waals surface area contributed by atoms with Gasteiger partial charge in [0, 0.05) is 6.20 Å². The van der Waals surface area contributed by atoms with Crippen molar-refractivity contribution in [2.75, 3.05) is 0 Å². The maximum atomic E-state index is 13.8. The number of aryl methyl sites for hydroxylation is 1. The molecule has 0 saturated carbocycles. The van der Waals surface area contributed by atoms with Gasteiger partial charge in [0.25, 0.3) is 5.91 Å². The van der Waals surface area contributed by atoms with Crippen LogP contribution in [-0.4, -0.2) is 27.0 Å². The van der Waals surface area contributed by atoms with Crippen LogP contribution in [0.25, 0.3) is 11.5 Å². The van der Waals surface area contributed by atoms with Crippen molar-refractivity contribution in [2.24, 2.45) is 0 Å². The number of carbonyl (C=O) groups is 2. The Kier molecular flexibility index (Phi) is 5.25. The number of carbonyl (C=O) groups excluding carboxylic acids is 1. The van der Waals surface area contributed by atoms with Gasteiger partial charge in [-0.3, -0.25) is 14.6 Å². The third kappa shape index (κ3) is 4.17. The smallest absolute Gasteiger partial charge is 0.305 e. The van der Waals surface area contributed by atoms with Crippen LogP contribution in [-0.2, 0) is 4.79 Å². The zero-order chi connectivity index (χ0) is 19.4. The van der Waals surface area contributed by atoms with Crippen molar-refractivity contribution >= 4 is 11.9 Å². The summed E-state index contributed by atoms with van der Waals surface area (Å²) in [7, 11) is 0. The molecule has 1 aromatic carbocycles. The molecule has 0 saturated heterocycles. The Bertz CT molecular complexity index is 986. The zero-order valence-electron chi connectivity index (χ0n) is 14.3. The first-order valence-electron chi connectivity index (χ1n) is 8.09. The van der Waals surface area contributed by atoms with Crippen molar-refractivity contribution < 1.29 is 23.5 Å². The van der Waals surface area contributed by atoms with Gasteiger partial charge in [0.1, 0.15) is 6.26 Å². The van der Waals surface area contributed by atoms with Crippen LogP contribution in [0.4, 0.5) is 4.39 Å². The van der Waals surface area contributed by atoms with E-state index >= 15 is 0 Å². The van der Waals surface area contributed by atoms with Gasteiger partial charge in [0.15, 0.2) is 11.5 Å². The molecule has 2 N–H and O–H groups in total. The van der Waals surface area contributed by atoms with E-state index in [0.29, 0.717) is 5.56 Å². The number of carboxylic acids is 1. The average molecular weight is 369 g/mol. The summed E-state index contributed by atoms with van der Waals surface area (Å²) in [4.78, 5) is 31.4. The number of hydrogen-bond acceptors (Lipinski definition) is 5. The number of oxazole rings is 1. The molecule has 0 spiro atoms. The van der Waals surface area contributed by atoms with Crippen molar-refractivity contribution in [1.29, 1.82) is 0 Å². The lowest BCUT2D eigenvalue weighted by atomic mass is 9.98. The van der Waals surface area contributed by atoms with E-state index in [-0.39, 0.29) is 23.6 Å². The maximum absolute atomic E-state index is 13.8. The molecule has 7 nitrogen and oxygen atoms in total. The summed E-state index contributed by atoms with van der Waals surface area (Å²) < 4.78 is 19.0. The average Bonchev–Trinajstić information content (AvgIpc) is 3.11. The minimum atomic E-state index is -1.05. The summed E-state index contributed by atoms with van der Waals surface area (Å²) in [5.74, 6) is -2.36. The lowest BCUT2D eigenvalue weighted by molar-refractivity contribution is -0.137. The molecule has 0 aliphatic carbocycles. The summed E-state index contributed by atoms with van der Waals surface area (Å²) in [6.45, 7) is 1.83. The van der Waals surface area contributed by atoms with Crippen LogP contribution < -0.4 is 5.32 Å². The third-order valence-corrected chi connectivity index (χ3v) is 3.99. The second kappa shape index (κ2) is 7.77. The van der Waals surface area contributed by atoms with Gasteiger partial charge in [0.2, 0.25) is 5.89 Å². The number of halogens is 1. The number of amides is 1. The van der Waals surface area contributed by atoms with Crippen LogP contribution in [0.1, 0.15) is 34.1 Å². The molecular weight excluding hydrogens is 353 g/mol. The summed E-state index contributed by atoms with van der Waals surface area (Å²) in [5.41, 5.74) is 1.54. The minimum absolute atomic E-state index is 0.0641. The third-order valence-electron chi connectivity index (χ3n) is 3.99. The molecule has 138 valence electrons. The fourth-order valence-corrected chi connectivity index (χ4v) is 2.67. The van der Waals surface area contributed by atoms with Gasteiger partial charge in [-0.1, -0.05) is 24.3 Å². The molecule has 0 unspecified atom stereocenters. The molecule has 2 aromatic heterocycles. The van der Waals surface area contributed by atoms with E-state index in [4.69, 9.17) is 9.52 Å². The Hall–Kier alpha value is -3.55. The van der Waals surface area contributed by atoms with Crippen LogP contribution in [0.5, 0.6) is 0 Å². The lowest BCUT2D eigenvalue weighted by Crippen LogP contribution is -2.30. The molecule has 3 aromatic rings. The number of benzene rings is 1. The Morgan fingerprint density at radius 3 is 2.78 bits per heavy atom. The van der Waals surface area contributed by atoms with Crippen molar-refractivity contribution in [1.82, 2.24) is 15.3 Å². The second-order valence-electron chi connectivity index (χ2n) is 5.87. The summed E-state index contributed by atoms with van der Waals surface area (Å²) >= 11 is 0. The summed E-state index contributed by atoms with van der Waals surface area (Å²) in [6.07, 6.45) is 3.20. The largest absolute Gasteiger partial charge is 0.481 e. The molecule has 1 atom stereocenters. The molecule has 8 heteroatoms. The highest BCUT2D eigenvalue weighted by molar-refractivity contribution is 5.93. The molecule has 0 fully saturated rings. The first kappa shape index (κ1) is 18.2. The van der Waals surface area contributed by atoms with E-state index in [2.05, 4.69) is 15.3 Å². The second-order valence-corrected chi connectivity index (χ2v) is 5.87. The van der Waals surface area contributed by atoms with E-state index in [1.807, 2.05) is 19.1 Å². The molecule has 0 radical (unpaired) electrons. The molecule has 0 bridgehead atoms. The Balaban J connectivity index is 1.83. The Morgan fingerprint density at radius 2 is 2.07 bits per heavy atom.